The van der Waals surface area contributed by atoms with Crippen molar-refractivity contribution in [2.75, 3.05) is 35.2 Å². The third-order valence-corrected chi connectivity index (χ3v) is 6.41. The van der Waals surface area contributed by atoms with Crippen LogP contribution in [0.1, 0.15) is 38.2 Å². The first-order valence-corrected chi connectivity index (χ1v) is 10.7. The van der Waals surface area contributed by atoms with Crippen molar-refractivity contribution in [3.8, 4) is 0 Å². The fraction of sp³-hybridized carbons (Fsp3) is 0.500. The molecule has 1 amide bonds. The molecule has 1 aromatic carbocycles. The van der Waals surface area contributed by atoms with Gasteiger partial charge in [0.15, 0.2) is 0 Å². The molecule has 1 fully saturated rings. The Morgan fingerprint density at radius 1 is 1.24 bits per heavy atom. The molecule has 1 aromatic heterocycles. The topological polar surface area (TPSA) is 73.4 Å². The summed E-state index contributed by atoms with van der Waals surface area (Å²) in [5, 5.41) is 6.85. The first-order valence-electron chi connectivity index (χ1n) is 10.7. The van der Waals surface area contributed by atoms with Crippen molar-refractivity contribution in [3.63, 3.8) is 0 Å². The molecule has 0 radical (unpaired) electrons. The summed E-state index contributed by atoms with van der Waals surface area (Å²) in [5.74, 6) is 1.47. The average molecular weight is 393 g/mol. The van der Waals surface area contributed by atoms with Gasteiger partial charge in [0.2, 0.25) is 11.9 Å². The molecule has 29 heavy (non-hydrogen) atoms. The number of aromatic nitrogens is 2. The van der Waals surface area contributed by atoms with Gasteiger partial charge in [-0.15, -0.1) is 0 Å². The smallest absolute Gasteiger partial charge is 0.233 e. The van der Waals surface area contributed by atoms with E-state index in [-0.39, 0.29) is 11.9 Å². The van der Waals surface area contributed by atoms with Gasteiger partial charge < -0.3 is 10.6 Å². The second-order valence-electron chi connectivity index (χ2n) is 8.25. The van der Waals surface area contributed by atoms with E-state index < -0.39 is 0 Å². The summed E-state index contributed by atoms with van der Waals surface area (Å²) < 4.78 is 0. The van der Waals surface area contributed by atoms with E-state index in [2.05, 4.69) is 39.6 Å². The van der Waals surface area contributed by atoms with Gasteiger partial charge in [-0.3, -0.25) is 14.6 Å². The molecule has 2 unspecified atom stereocenters. The number of fused-ring (bicyclic) bond motifs is 4. The number of anilines is 4. The maximum Gasteiger partial charge on any atom is 0.233 e. The Hall–Kier alpha value is -2.67. The monoisotopic (exact) mass is 392 g/mol. The Morgan fingerprint density at radius 2 is 2.14 bits per heavy atom. The fourth-order valence-corrected chi connectivity index (χ4v) is 4.94. The zero-order valence-corrected chi connectivity index (χ0v) is 16.9. The van der Waals surface area contributed by atoms with Crippen LogP contribution in [0.4, 0.5) is 23.1 Å². The molecule has 4 bridgehead atoms. The van der Waals surface area contributed by atoms with Crippen LogP contribution in [0.2, 0.25) is 0 Å². The van der Waals surface area contributed by atoms with Gasteiger partial charge in [-0.2, -0.15) is 4.98 Å². The second kappa shape index (κ2) is 7.63. The lowest BCUT2D eigenvalue weighted by Crippen LogP contribution is -2.43. The average Bonchev–Trinajstić information content (AvgIpc) is 3.29. The van der Waals surface area contributed by atoms with E-state index in [1.54, 1.807) is 6.20 Å². The van der Waals surface area contributed by atoms with E-state index in [0.29, 0.717) is 18.4 Å². The summed E-state index contributed by atoms with van der Waals surface area (Å²) >= 11 is 0. The lowest BCUT2D eigenvalue weighted by molar-refractivity contribution is -0.117. The highest BCUT2D eigenvalue weighted by Gasteiger charge is 2.37. The Balaban J connectivity index is 1.54. The molecule has 1 saturated heterocycles. The lowest BCUT2D eigenvalue weighted by atomic mass is 10.0. The summed E-state index contributed by atoms with van der Waals surface area (Å²) in [6.45, 7) is 5.25. The molecule has 152 valence electrons. The highest BCUT2D eigenvalue weighted by atomic mass is 16.2. The van der Waals surface area contributed by atoms with Crippen molar-refractivity contribution < 1.29 is 4.79 Å². The zero-order chi connectivity index (χ0) is 19.8. The molecule has 3 aliphatic rings. The van der Waals surface area contributed by atoms with E-state index in [1.165, 1.54) is 12.8 Å². The summed E-state index contributed by atoms with van der Waals surface area (Å²) in [5.41, 5.74) is 2.96. The number of carbonyl (C=O) groups is 1. The largest absolute Gasteiger partial charge is 0.384 e. The molecule has 4 heterocycles. The van der Waals surface area contributed by atoms with Crippen LogP contribution in [0, 0.1) is 0 Å². The highest BCUT2D eigenvalue weighted by molar-refractivity contribution is 6.00. The highest BCUT2D eigenvalue weighted by Crippen LogP contribution is 2.34. The molecular weight excluding hydrogens is 364 g/mol. The van der Waals surface area contributed by atoms with E-state index in [9.17, 15) is 4.79 Å². The predicted molar refractivity (Wildman–Crippen MR) is 115 cm³/mol. The van der Waals surface area contributed by atoms with Gasteiger partial charge in [-0.1, -0.05) is 13.0 Å². The van der Waals surface area contributed by atoms with Crippen LogP contribution in [0.5, 0.6) is 0 Å². The predicted octanol–water partition coefficient (Wildman–Crippen LogP) is 3.17. The summed E-state index contributed by atoms with van der Waals surface area (Å²) in [4.78, 5) is 26.7. The number of carbonyl (C=O) groups excluding carboxylic acids is 1. The maximum atomic E-state index is 12.9. The lowest BCUT2D eigenvalue weighted by Gasteiger charge is -2.32. The molecule has 0 saturated carbocycles. The van der Waals surface area contributed by atoms with Gasteiger partial charge in [0.1, 0.15) is 5.82 Å². The first kappa shape index (κ1) is 18.4. The van der Waals surface area contributed by atoms with Crippen LogP contribution in [0.25, 0.3) is 0 Å². The third kappa shape index (κ3) is 3.55. The minimum atomic E-state index is 0.149. The van der Waals surface area contributed by atoms with Crippen LogP contribution in [0.3, 0.4) is 0 Å². The number of hydrogen-bond donors (Lipinski definition) is 2. The van der Waals surface area contributed by atoms with E-state index in [1.807, 2.05) is 17.0 Å². The van der Waals surface area contributed by atoms with Crippen molar-refractivity contribution in [3.05, 3.63) is 36.0 Å². The number of amides is 1. The van der Waals surface area contributed by atoms with Gasteiger partial charge >= 0.3 is 0 Å². The van der Waals surface area contributed by atoms with Crippen LogP contribution in [-0.4, -0.2) is 52.5 Å². The van der Waals surface area contributed by atoms with E-state index >= 15 is 0 Å². The van der Waals surface area contributed by atoms with Crippen molar-refractivity contribution in [2.24, 2.45) is 0 Å². The maximum absolute atomic E-state index is 12.9. The number of hydrogen-bond acceptors (Lipinski definition) is 6. The number of benzene rings is 1. The third-order valence-electron chi connectivity index (χ3n) is 6.41. The van der Waals surface area contributed by atoms with Gasteiger partial charge in [0.05, 0.1) is 6.42 Å². The first-order chi connectivity index (χ1) is 14.2. The summed E-state index contributed by atoms with van der Waals surface area (Å²) in [6.07, 6.45) is 6.58. The Labute approximate surface area is 171 Å². The van der Waals surface area contributed by atoms with Crippen molar-refractivity contribution >= 4 is 29.0 Å². The van der Waals surface area contributed by atoms with Crippen LogP contribution < -0.4 is 15.5 Å². The number of nitrogens with one attached hydrogen (secondary N) is 2. The molecular formula is C22H28N6O. The van der Waals surface area contributed by atoms with E-state index in [0.717, 1.165) is 55.2 Å². The fourth-order valence-electron chi connectivity index (χ4n) is 4.94. The van der Waals surface area contributed by atoms with Crippen molar-refractivity contribution in [1.82, 2.24) is 14.9 Å². The van der Waals surface area contributed by atoms with Gasteiger partial charge in [-0.25, -0.2) is 4.98 Å². The van der Waals surface area contributed by atoms with Gasteiger partial charge in [0.25, 0.3) is 0 Å². The molecule has 2 N–H and O–H groups in total. The standard InChI is InChI=1S/C22H28N6O/c1-2-18-13-19-7-4-9-27(19)10-8-23-16-5-3-6-17(12-16)25-22-24-14-15-11-20(29)28(18)21(15)26-22/h3,5-6,12,14,18-19,23H,2,4,7-11,13H2,1H3,(H,24,25,26). The summed E-state index contributed by atoms with van der Waals surface area (Å²) in [7, 11) is 0. The van der Waals surface area contributed by atoms with Crippen LogP contribution >= 0.6 is 0 Å². The Bertz CT molecular complexity index is 916. The zero-order valence-electron chi connectivity index (χ0n) is 16.9. The Morgan fingerprint density at radius 3 is 3.03 bits per heavy atom. The minimum absolute atomic E-state index is 0.149. The van der Waals surface area contributed by atoms with Crippen molar-refractivity contribution in [1.29, 1.82) is 0 Å². The van der Waals surface area contributed by atoms with Crippen molar-refractivity contribution in [2.45, 2.75) is 51.1 Å². The second-order valence-corrected chi connectivity index (χ2v) is 8.25. The molecule has 5 rings (SSSR count). The molecule has 0 spiro atoms. The van der Waals surface area contributed by atoms with E-state index in [4.69, 9.17) is 4.98 Å². The Kier molecular flexibility index (Phi) is 4.83. The molecule has 0 aliphatic carbocycles. The number of nitrogens with zero attached hydrogens (tertiary/aromatic N) is 4. The SMILES string of the molecule is CCC1CC2CCCN2CCNc2cccc(c2)Nc2ncc3c(n2)N1C(=O)C3. The number of rotatable bonds is 1. The molecule has 2 aromatic rings. The van der Waals surface area contributed by atoms with Gasteiger partial charge in [-0.05, 0) is 50.4 Å². The van der Waals surface area contributed by atoms with Gasteiger partial charge in [0, 0.05) is 48.3 Å². The molecule has 7 heteroatoms. The summed E-state index contributed by atoms with van der Waals surface area (Å²) in [6, 6.07) is 8.90. The van der Waals surface area contributed by atoms with Crippen LogP contribution in [0.15, 0.2) is 30.5 Å². The quantitative estimate of drug-likeness (QED) is 0.777. The van der Waals surface area contributed by atoms with Crippen LogP contribution in [-0.2, 0) is 11.2 Å². The molecule has 2 atom stereocenters. The molecule has 3 aliphatic heterocycles. The minimum Gasteiger partial charge on any atom is -0.384 e. The molecule has 7 nitrogen and oxygen atoms in total. The normalized spacial score (nSPS) is 24.3.